The van der Waals surface area contributed by atoms with Crippen LogP contribution in [0.15, 0.2) is 78.9 Å². The fraction of sp³-hybridized carbons (Fsp3) is 0.300. The number of hydrogen-bond acceptors (Lipinski definition) is 4. The van der Waals surface area contributed by atoms with Crippen LogP contribution >= 0.6 is 0 Å². The Morgan fingerprint density at radius 1 is 0.947 bits per heavy atom. The summed E-state index contributed by atoms with van der Waals surface area (Å²) in [6.45, 7) is 2.95. The molecule has 0 aromatic heterocycles. The zero-order valence-electron chi connectivity index (χ0n) is 21.2. The van der Waals surface area contributed by atoms with Crippen molar-refractivity contribution in [2.24, 2.45) is 0 Å². The molecule has 1 spiro atoms. The summed E-state index contributed by atoms with van der Waals surface area (Å²) in [4.78, 5) is 43.5. The van der Waals surface area contributed by atoms with Crippen LogP contribution in [-0.4, -0.2) is 59.0 Å². The Bertz CT molecular complexity index is 1340. The standard InChI is InChI=1S/C30H30FN3O4/c1-21-8-5-6-13-25(21)29(37)33-16-14-30(15-17-33)34(28(36)23-11-7-12-24(31)18-23)26(20-38-30)27(35)32-19-22-9-3-2-4-10-22/h2-13,18,26H,14-17,19-20H2,1H3,(H,32,35). The van der Waals surface area contributed by atoms with Crippen LogP contribution in [0.5, 0.6) is 0 Å². The number of carbonyl (C=O) groups is 3. The topological polar surface area (TPSA) is 79.0 Å². The maximum Gasteiger partial charge on any atom is 0.256 e. The van der Waals surface area contributed by atoms with Crippen molar-refractivity contribution in [1.29, 1.82) is 0 Å². The quantitative estimate of drug-likeness (QED) is 0.559. The number of halogens is 1. The fourth-order valence-electron chi connectivity index (χ4n) is 5.27. The largest absolute Gasteiger partial charge is 0.353 e. The number of benzene rings is 3. The van der Waals surface area contributed by atoms with Gasteiger partial charge in [0.05, 0.1) is 6.61 Å². The predicted molar refractivity (Wildman–Crippen MR) is 140 cm³/mol. The molecule has 0 radical (unpaired) electrons. The van der Waals surface area contributed by atoms with Crippen molar-refractivity contribution in [2.45, 2.75) is 38.1 Å². The SMILES string of the molecule is Cc1ccccc1C(=O)N1CCC2(CC1)OCC(C(=O)NCc1ccccc1)N2C(=O)c1cccc(F)c1. The predicted octanol–water partition coefficient (Wildman–Crippen LogP) is 3.92. The molecule has 3 aromatic rings. The lowest BCUT2D eigenvalue weighted by atomic mass is 9.95. The number of nitrogens with one attached hydrogen (secondary N) is 1. The van der Waals surface area contributed by atoms with Crippen LogP contribution in [0.4, 0.5) is 4.39 Å². The number of ether oxygens (including phenoxy) is 1. The molecule has 8 heteroatoms. The zero-order valence-corrected chi connectivity index (χ0v) is 21.2. The van der Waals surface area contributed by atoms with Crippen LogP contribution in [-0.2, 0) is 16.1 Å². The number of likely N-dealkylation sites (tertiary alicyclic amines) is 1. The molecular formula is C30H30FN3O4. The number of amides is 3. The molecule has 0 bridgehead atoms. The summed E-state index contributed by atoms with van der Waals surface area (Å²) in [7, 11) is 0. The smallest absolute Gasteiger partial charge is 0.256 e. The molecule has 7 nitrogen and oxygen atoms in total. The van der Waals surface area contributed by atoms with Gasteiger partial charge in [-0.3, -0.25) is 19.3 Å². The van der Waals surface area contributed by atoms with Crippen molar-refractivity contribution >= 4 is 17.7 Å². The molecule has 38 heavy (non-hydrogen) atoms. The van der Waals surface area contributed by atoms with E-state index in [1.54, 1.807) is 11.0 Å². The highest BCUT2D eigenvalue weighted by molar-refractivity contribution is 5.99. The minimum absolute atomic E-state index is 0.0212. The summed E-state index contributed by atoms with van der Waals surface area (Å²) in [5.41, 5.74) is 1.55. The monoisotopic (exact) mass is 515 g/mol. The number of aryl methyl sites for hydroxylation is 1. The molecule has 2 heterocycles. The Labute approximate surface area is 221 Å². The van der Waals surface area contributed by atoms with Gasteiger partial charge >= 0.3 is 0 Å². The summed E-state index contributed by atoms with van der Waals surface area (Å²) in [6.07, 6.45) is 0.683. The van der Waals surface area contributed by atoms with Crippen molar-refractivity contribution in [3.05, 3.63) is 107 Å². The van der Waals surface area contributed by atoms with Crippen molar-refractivity contribution < 1.29 is 23.5 Å². The van der Waals surface area contributed by atoms with Crippen LogP contribution in [0.25, 0.3) is 0 Å². The lowest BCUT2D eigenvalue weighted by Gasteiger charge is -2.44. The van der Waals surface area contributed by atoms with E-state index < -0.39 is 23.5 Å². The second-order valence-electron chi connectivity index (χ2n) is 9.77. The van der Waals surface area contributed by atoms with Crippen LogP contribution in [0.3, 0.4) is 0 Å². The first kappa shape index (κ1) is 25.6. The molecule has 1 unspecified atom stereocenters. The van der Waals surface area contributed by atoms with Crippen LogP contribution in [0.2, 0.25) is 0 Å². The molecule has 0 aliphatic carbocycles. The number of hydrogen-bond donors (Lipinski definition) is 1. The number of nitrogens with zero attached hydrogens (tertiary/aromatic N) is 2. The minimum atomic E-state index is -1.07. The molecule has 2 fully saturated rings. The second kappa shape index (κ2) is 10.8. The third kappa shape index (κ3) is 5.04. The van der Waals surface area contributed by atoms with E-state index in [4.69, 9.17) is 4.74 Å². The maximum atomic E-state index is 14.0. The number of carbonyl (C=O) groups excluding carboxylic acids is 3. The second-order valence-corrected chi connectivity index (χ2v) is 9.77. The Hall–Kier alpha value is -4.04. The normalized spacial score (nSPS) is 18.4. The first-order chi connectivity index (χ1) is 18.4. The molecule has 1 N–H and O–H groups in total. The van der Waals surface area contributed by atoms with Gasteiger partial charge in [0.2, 0.25) is 5.91 Å². The highest BCUT2D eigenvalue weighted by Gasteiger charge is 2.54. The summed E-state index contributed by atoms with van der Waals surface area (Å²) >= 11 is 0. The van der Waals surface area contributed by atoms with E-state index in [2.05, 4.69) is 5.32 Å². The highest BCUT2D eigenvalue weighted by Crippen LogP contribution is 2.39. The van der Waals surface area contributed by atoms with Gasteiger partial charge in [0.25, 0.3) is 11.8 Å². The van der Waals surface area contributed by atoms with Gasteiger partial charge in [0.15, 0.2) is 0 Å². The van der Waals surface area contributed by atoms with E-state index in [0.29, 0.717) is 38.0 Å². The van der Waals surface area contributed by atoms with Gasteiger partial charge in [-0.1, -0.05) is 54.6 Å². The van der Waals surface area contributed by atoms with E-state index in [0.717, 1.165) is 11.1 Å². The molecule has 3 aromatic carbocycles. The molecule has 1 atom stereocenters. The minimum Gasteiger partial charge on any atom is -0.353 e. The molecule has 196 valence electrons. The van der Waals surface area contributed by atoms with Crippen LogP contribution < -0.4 is 5.32 Å². The Kier molecular flexibility index (Phi) is 7.24. The lowest BCUT2D eigenvalue weighted by molar-refractivity contribution is -0.128. The molecular weight excluding hydrogens is 485 g/mol. The number of piperidine rings is 1. The van der Waals surface area contributed by atoms with Gasteiger partial charge in [0.1, 0.15) is 17.6 Å². The van der Waals surface area contributed by atoms with Gasteiger partial charge in [-0.15, -0.1) is 0 Å². The summed E-state index contributed by atoms with van der Waals surface area (Å²) < 4.78 is 20.2. The van der Waals surface area contributed by atoms with Gasteiger partial charge in [-0.25, -0.2) is 4.39 Å². The van der Waals surface area contributed by atoms with Crippen molar-refractivity contribution in [3.63, 3.8) is 0 Å². The average Bonchev–Trinajstić information content (AvgIpc) is 3.30. The molecule has 2 aliphatic rings. The van der Waals surface area contributed by atoms with Crippen LogP contribution in [0, 0.1) is 12.7 Å². The first-order valence-electron chi connectivity index (χ1n) is 12.8. The van der Waals surface area contributed by atoms with Crippen LogP contribution in [0.1, 0.15) is 44.7 Å². The van der Waals surface area contributed by atoms with E-state index in [9.17, 15) is 18.8 Å². The maximum absolute atomic E-state index is 14.0. The molecule has 3 amide bonds. The Balaban J connectivity index is 1.37. The van der Waals surface area contributed by atoms with Gasteiger partial charge in [-0.2, -0.15) is 0 Å². The molecule has 5 rings (SSSR count). The third-order valence-corrected chi connectivity index (χ3v) is 7.37. The molecule has 2 aliphatic heterocycles. The average molecular weight is 516 g/mol. The fourth-order valence-corrected chi connectivity index (χ4v) is 5.27. The molecule has 0 saturated carbocycles. The van der Waals surface area contributed by atoms with E-state index >= 15 is 0 Å². The van der Waals surface area contributed by atoms with Gasteiger partial charge in [0, 0.05) is 43.6 Å². The van der Waals surface area contributed by atoms with Gasteiger partial charge in [-0.05, 0) is 42.3 Å². The van der Waals surface area contributed by atoms with Gasteiger partial charge < -0.3 is 15.0 Å². The number of rotatable bonds is 5. The van der Waals surface area contributed by atoms with E-state index in [1.807, 2.05) is 55.5 Å². The third-order valence-electron chi connectivity index (χ3n) is 7.37. The van der Waals surface area contributed by atoms with E-state index in [-0.39, 0.29) is 24.0 Å². The summed E-state index contributed by atoms with van der Waals surface area (Å²) in [6, 6.07) is 21.5. The first-order valence-corrected chi connectivity index (χ1v) is 12.8. The highest BCUT2D eigenvalue weighted by atomic mass is 19.1. The lowest BCUT2D eigenvalue weighted by Crippen LogP contribution is -2.59. The summed E-state index contributed by atoms with van der Waals surface area (Å²) in [5.74, 6) is -1.42. The van der Waals surface area contributed by atoms with E-state index in [1.165, 1.54) is 29.2 Å². The van der Waals surface area contributed by atoms with Crippen molar-refractivity contribution in [3.8, 4) is 0 Å². The van der Waals surface area contributed by atoms with Crippen molar-refractivity contribution in [1.82, 2.24) is 15.1 Å². The Morgan fingerprint density at radius 3 is 2.37 bits per heavy atom. The van der Waals surface area contributed by atoms with Crippen molar-refractivity contribution in [2.75, 3.05) is 19.7 Å². The summed E-state index contributed by atoms with van der Waals surface area (Å²) in [5, 5.41) is 2.91. The Morgan fingerprint density at radius 2 is 1.66 bits per heavy atom. The molecule has 2 saturated heterocycles. The zero-order chi connectivity index (χ0) is 26.7.